The summed E-state index contributed by atoms with van der Waals surface area (Å²) in [6.07, 6.45) is 26.7. The molecule has 0 aromatic rings. The summed E-state index contributed by atoms with van der Waals surface area (Å²) >= 11 is 1.72. The van der Waals surface area contributed by atoms with Crippen molar-refractivity contribution >= 4 is 22.5 Å². The fourth-order valence-corrected chi connectivity index (χ4v) is 3.74. The third-order valence-corrected chi connectivity index (χ3v) is 5.54. The van der Waals surface area contributed by atoms with E-state index in [0.717, 1.165) is 0 Å². The van der Waals surface area contributed by atoms with Crippen LogP contribution in [0.15, 0.2) is 0 Å². The zero-order valence-electron chi connectivity index (χ0n) is 14.9. The number of hydrogen-bond donors (Lipinski definition) is 0. The third-order valence-electron chi connectivity index (χ3n) is 4.53. The summed E-state index contributed by atoms with van der Waals surface area (Å²) in [7, 11) is 0. The fourth-order valence-electron chi connectivity index (χ4n) is 3.03. The van der Waals surface area contributed by atoms with E-state index < -0.39 is 0 Å². The van der Waals surface area contributed by atoms with E-state index in [0.29, 0.717) is 0 Å². The van der Waals surface area contributed by atoms with Crippen LogP contribution in [0.1, 0.15) is 122 Å². The van der Waals surface area contributed by atoms with Crippen LogP contribution in [0, 0.1) is 0 Å². The van der Waals surface area contributed by atoms with Crippen LogP contribution in [-0.2, 0) is 0 Å². The summed E-state index contributed by atoms with van der Waals surface area (Å²) in [6.45, 7) is 2.30. The van der Waals surface area contributed by atoms with Crippen LogP contribution < -0.4 is 0 Å². The Balaban J connectivity index is 2.90. The Morgan fingerprint density at radius 3 is 0.857 bits per heavy atom. The Kier molecular flexibility index (Phi) is 21.6. The molecule has 0 aliphatic carbocycles. The zero-order valence-corrected chi connectivity index (χ0v) is 17.8. The molecule has 0 aromatic heterocycles. The van der Waals surface area contributed by atoms with Gasteiger partial charge in [0.2, 0.25) is 0 Å². The molecule has 1 heteroatoms. The number of unbranched alkanes of at least 4 members (excludes halogenated alkanes) is 17. The number of rotatable bonds is 18. The Hall–Kier alpha value is 0.799. The molecule has 0 unspecified atom stereocenters. The van der Waals surface area contributed by atoms with Gasteiger partial charge >= 0.3 is 97.6 Å². The van der Waals surface area contributed by atoms with Gasteiger partial charge in [0, 0.05) is 0 Å². The van der Waals surface area contributed by atoms with Gasteiger partial charge in [-0.25, -0.2) is 0 Å². The summed E-state index contributed by atoms with van der Waals surface area (Å²) in [4.78, 5) is 0. The SMILES string of the molecule is CCCCCCCCCCCCCCCCCCC[CH2][Sn+3]. The summed E-state index contributed by atoms with van der Waals surface area (Å²) in [5, 5.41) is 0. The van der Waals surface area contributed by atoms with E-state index in [1.54, 1.807) is 22.5 Å². The van der Waals surface area contributed by atoms with Crippen LogP contribution >= 0.6 is 0 Å². The van der Waals surface area contributed by atoms with Crippen molar-refractivity contribution in [2.75, 3.05) is 0 Å². The van der Waals surface area contributed by atoms with Gasteiger partial charge in [0.25, 0.3) is 0 Å². The van der Waals surface area contributed by atoms with Crippen LogP contribution in [-0.4, -0.2) is 22.5 Å². The van der Waals surface area contributed by atoms with Gasteiger partial charge in [-0.05, 0) is 0 Å². The minimum atomic E-state index is 1.37. The second kappa shape index (κ2) is 20.8. The van der Waals surface area contributed by atoms with Crippen molar-refractivity contribution in [3.8, 4) is 0 Å². The second-order valence-electron chi connectivity index (χ2n) is 6.76. The Morgan fingerprint density at radius 1 is 0.381 bits per heavy atom. The van der Waals surface area contributed by atoms with Crippen LogP contribution in [0.3, 0.4) is 0 Å². The van der Waals surface area contributed by atoms with Gasteiger partial charge < -0.3 is 0 Å². The van der Waals surface area contributed by atoms with Crippen molar-refractivity contribution in [1.82, 2.24) is 0 Å². The topological polar surface area (TPSA) is 0 Å². The summed E-state index contributed by atoms with van der Waals surface area (Å²) in [5.74, 6) is 0. The molecular weight excluding hydrogens is 359 g/mol. The first-order chi connectivity index (χ1) is 10.4. The molecule has 0 saturated heterocycles. The molecule has 0 radical (unpaired) electrons. The molecule has 0 fully saturated rings. The molecular formula is C20H41Sn+3. The maximum absolute atomic E-state index is 2.30. The molecule has 0 aliphatic heterocycles. The van der Waals surface area contributed by atoms with Crippen LogP contribution in [0.4, 0.5) is 0 Å². The molecule has 0 spiro atoms. The van der Waals surface area contributed by atoms with Crippen LogP contribution in [0.5, 0.6) is 0 Å². The fraction of sp³-hybridized carbons (Fsp3) is 1.00. The second-order valence-corrected chi connectivity index (χ2v) is 8.19. The summed E-state index contributed by atoms with van der Waals surface area (Å²) in [5.41, 5.74) is 0. The molecule has 0 nitrogen and oxygen atoms in total. The normalized spacial score (nSPS) is 11.2. The van der Waals surface area contributed by atoms with Crippen molar-refractivity contribution in [2.24, 2.45) is 0 Å². The maximum atomic E-state index is 2.30. The monoisotopic (exact) mass is 401 g/mol. The van der Waals surface area contributed by atoms with Crippen molar-refractivity contribution < 1.29 is 0 Å². The number of hydrogen-bond acceptors (Lipinski definition) is 0. The third kappa shape index (κ3) is 20.8. The van der Waals surface area contributed by atoms with Crippen molar-refractivity contribution in [3.63, 3.8) is 0 Å². The summed E-state index contributed by atoms with van der Waals surface area (Å²) in [6, 6.07) is 0. The first-order valence-corrected chi connectivity index (χ1v) is 12.1. The van der Waals surface area contributed by atoms with Crippen molar-refractivity contribution in [1.29, 1.82) is 0 Å². The van der Waals surface area contributed by atoms with Crippen LogP contribution in [0.25, 0.3) is 0 Å². The molecule has 122 valence electrons. The van der Waals surface area contributed by atoms with Crippen molar-refractivity contribution in [2.45, 2.75) is 127 Å². The first kappa shape index (κ1) is 21.8. The molecule has 0 bridgehead atoms. The predicted octanol–water partition coefficient (Wildman–Crippen LogP) is 7.61. The molecule has 0 aromatic carbocycles. The van der Waals surface area contributed by atoms with E-state index in [1.165, 1.54) is 120 Å². The van der Waals surface area contributed by atoms with Crippen LogP contribution in [0.2, 0.25) is 4.44 Å². The molecule has 0 N–H and O–H groups in total. The quantitative estimate of drug-likeness (QED) is 0.164. The Labute approximate surface area is 149 Å². The molecule has 0 atom stereocenters. The van der Waals surface area contributed by atoms with E-state index >= 15 is 0 Å². The molecule has 0 amide bonds. The predicted molar refractivity (Wildman–Crippen MR) is 99.3 cm³/mol. The minimum absolute atomic E-state index is 1.37. The first-order valence-electron chi connectivity index (χ1n) is 10.1. The van der Waals surface area contributed by atoms with Gasteiger partial charge in [-0.1, -0.05) is 51.9 Å². The molecule has 0 saturated carbocycles. The van der Waals surface area contributed by atoms with E-state index in [1.807, 2.05) is 0 Å². The average Bonchev–Trinajstić information content (AvgIpc) is 2.50. The summed E-state index contributed by atoms with van der Waals surface area (Å²) < 4.78 is 1.46. The Bertz CT molecular complexity index is 149. The van der Waals surface area contributed by atoms with E-state index in [2.05, 4.69) is 6.92 Å². The molecule has 0 rings (SSSR count). The van der Waals surface area contributed by atoms with Gasteiger partial charge in [0.1, 0.15) is 0 Å². The van der Waals surface area contributed by atoms with E-state index in [4.69, 9.17) is 0 Å². The standard InChI is InChI=1S/C20H41.Sn/c1-3-5-7-9-11-13-15-17-19-20-18-16-14-12-10-8-6-4-2;/h1,3-20H2,2H3;/q;+3. The van der Waals surface area contributed by atoms with Crippen molar-refractivity contribution in [3.05, 3.63) is 0 Å². The van der Waals surface area contributed by atoms with E-state index in [9.17, 15) is 0 Å². The van der Waals surface area contributed by atoms with Gasteiger partial charge in [-0.15, -0.1) is 0 Å². The van der Waals surface area contributed by atoms with Gasteiger partial charge in [0.15, 0.2) is 0 Å². The average molecular weight is 400 g/mol. The van der Waals surface area contributed by atoms with E-state index in [-0.39, 0.29) is 0 Å². The molecule has 0 heterocycles. The van der Waals surface area contributed by atoms with Gasteiger partial charge in [-0.3, -0.25) is 0 Å². The molecule has 0 aliphatic rings. The zero-order chi connectivity index (χ0) is 15.4. The van der Waals surface area contributed by atoms with Gasteiger partial charge in [0.05, 0.1) is 0 Å². The Morgan fingerprint density at radius 2 is 0.619 bits per heavy atom. The van der Waals surface area contributed by atoms with Gasteiger partial charge in [-0.2, -0.15) is 0 Å². The molecule has 21 heavy (non-hydrogen) atoms.